The number of halogens is 1. The van der Waals surface area contributed by atoms with E-state index in [1.807, 2.05) is 24.7 Å². The highest BCUT2D eigenvalue weighted by Gasteiger charge is 2.12. The number of aryl methyl sites for hydroxylation is 2. The monoisotopic (exact) mass is 262 g/mol. The van der Waals surface area contributed by atoms with E-state index in [1.54, 1.807) is 18.5 Å². The van der Waals surface area contributed by atoms with Crippen LogP contribution in [-0.2, 0) is 13.5 Å². The summed E-state index contributed by atoms with van der Waals surface area (Å²) in [5, 5.41) is 7.52. The lowest BCUT2D eigenvalue weighted by atomic mass is 10.0. The summed E-state index contributed by atoms with van der Waals surface area (Å²) in [4.78, 5) is 3.92. The van der Waals surface area contributed by atoms with Gasteiger partial charge in [-0.3, -0.25) is 9.67 Å². The molecule has 0 spiro atoms. The average Bonchev–Trinajstić information content (AvgIpc) is 2.80. The number of hydrogen-bond acceptors (Lipinski definition) is 3. The molecule has 1 N–H and O–H groups in total. The molecule has 19 heavy (non-hydrogen) atoms. The second kappa shape index (κ2) is 6.43. The van der Waals surface area contributed by atoms with Gasteiger partial charge in [0.2, 0.25) is 0 Å². The lowest BCUT2D eigenvalue weighted by Gasteiger charge is -2.18. The summed E-state index contributed by atoms with van der Waals surface area (Å²) >= 11 is 0. The van der Waals surface area contributed by atoms with Crippen molar-refractivity contribution in [3.63, 3.8) is 0 Å². The molecule has 0 fully saturated rings. The van der Waals surface area contributed by atoms with E-state index in [1.165, 1.54) is 11.9 Å². The molecule has 0 saturated carbocycles. The summed E-state index contributed by atoms with van der Waals surface area (Å²) < 4.78 is 15.1. The summed E-state index contributed by atoms with van der Waals surface area (Å²) in [6, 6.07) is 3.67. The SMILES string of the molecule is CCNC(CCc1ccnn1C)c1cncc(F)c1. The molecule has 0 radical (unpaired) electrons. The maximum atomic E-state index is 13.2. The van der Waals surface area contributed by atoms with Gasteiger partial charge in [-0.25, -0.2) is 4.39 Å². The molecule has 0 aliphatic rings. The third kappa shape index (κ3) is 3.61. The molecule has 0 saturated heterocycles. The fraction of sp³-hybridized carbons (Fsp3) is 0.429. The lowest BCUT2D eigenvalue weighted by Crippen LogP contribution is -2.22. The molecule has 2 aromatic heterocycles. The van der Waals surface area contributed by atoms with Crippen LogP contribution in [0.3, 0.4) is 0 Å². The first-order valence-electron chi connectivity index (χ1n) is 6.51. The van der Waals surface area contributed by atoms with E-state index >= 15 is 0 Å². The van der Waals surface area contributed by atoms with Gasteiger partial charge in [0.1, 0.15) is 5.82 Å². The first-order chi connectivity index (χ1) is 9.20. The number of aromatic nitrogens is 3. The Hall–Kier alpha value is -1.75. The van der Waals surface area contributed by atoms with Crippen molar-refractivity contribution in [1.82, 2.24) is 20.1 Å². The lowest BCUT2D eigenvalue weighted by molar-refractivity contribution is 0.500. The van der Waals surface area contributed by atoms with Crippen LogP contribution in [0.25, 0.3) is 0 Å². The molecular weight excluding hydrogens is 243 g/mol. The highest BCUT2D eigenvalue weighted by molar-refractivity contribution is 5.15. The fourth-order valence-corrected chi connectivity index (χ4v) is 2.19. The molecule has 102 valence electrons. The number of nitrogens with one attached hydrogen (secondary N) is 1. The molecule has 2 rings (SSSR count). The van der Waals surface area contributed by atoms with Crippen LogP contribution in [0, 0.1) is 5.82 Å². The molecule has 2 heterocycles. The maximum absolute atomic E-state index is 13.2. The van der Waals surface area contributed by atoms with Crippen LogP contribution in [0.1, 0.15) is 30.6 Å². The second-order valence-electron chi connectivity index (χ2n) is 4.53. The zero-order chi connectivity index (χ0) is 13.7. The minimum atomic E-state index is -0.291. The fourth-order valence-electron chi connectivity index (χ4n) is 2.19. The first kappa shape index (κ1) is 13.7. The third-order valence-electron chi connectivity index (χ3n) is 3.19. The van der Waals surface area contributed by atoms with Crippen molar-refractivity contribution in [2.24, 2.45) is 7.05 Å². The molecule has 0 aliphatic carbocycles. The van der Waals surface area contributed by atoms with E-state index in [4.69, 9.17) is 0 Å². The van der Waals surface area contributed by atoms with Crippen molar-refractivity contribution in [3.8, 4) is 0 Å². The molecule has 4 nitrogen and oxygen atoms in total. The average molecular weight is 262 g/mol. The molecule has 0 bridgehead atoms. The zero-order valence-corrected chi connectivity index (χ0v) is 11.3. The molecule has 0 amide bonds. The summed E-state index contributed by atoms with van der Waals surface area (Å²) in [7, 11) is 1.93. The van der Waals surface area contributed by atoms with Crippen molar-refractivity contribution in [2.45, 2.75) is 25.8 Å². The summed E-state index contributed by atoms with van der Waals surface area (Å²) in [5.74, 6) is -0.291. The molecule has 1 atom stereocenters. The van der Waals surface area contributed by atoms with Gasteiger partial charge in [-0.15, -0.1) is 0 Å². The normalized spacial score (nSPS) is 12.6. The Morgan fingerprint density at radius 3 is 2.89 bits per heavy atom. The van der Waals surface area contributed by atoms with Gasteiger partial charge in [0, 0.05) is 31.2 Å². The molecule has 0 aromatic carbocycles. The van der Waals surface area contributed by atoms with E-state index in [9.17, 15) is 4.39 Å². The standard InChI is InChI=1S/C14H19FN4/c1-3-17-14(11-8-12(15)10-16-9-11)5-4-13-6-7-18-19(13)2/h6-10,14,17H,3-5H2,1-2H3. The number of pyridine rings is 1. The topological polar surface area (TPSA) is 42.7 Å². The van der Waals surface area contributed by atoms with Crippen LogP contribution in [0.5, 0.6) is 0 Å². The quantitative estimate of drug-likeness (QED) is 0.868. The Kier molecular flexibility index (Phi) is 4.63. The van der Waals surface area contributed by atoms with Gasteiger partial charge in [0.05, 0.1) is 6.20 Å². The highest BCUT2D eigenvalue weighted by Crippen LogP contribution is 2.19. The number of rotatable bonds is 6. The van der Waals surface area contributed by atoms with Crippen molar-refractivity contribution in [2.75, 3.05) is 6.54 Å². The van der Waals surface area contributed by atoms with Gasteiger partial charge in [0.25, 0.3) is 0 Å². The maximum Gasteiger partial charge on any atom is 0.141 e. The Morgan fingerprint density at radius 2 is 2.26 bits per heavy atom. The summed E-state index contributed by atoms with van der Waals surface area (Å²) in [6.45, 7) is 2.89. The van der Waals surface area contributed by atoms with Gasteiger partial charge in [0.15, 0.2) is 0 Å². The molecule has 1 unspecified atom stereocenters. The van der Waals surface area contributed by atoms with E-state index in [0.29, 0.717) is 0 Å². The van der Waals surface area contributed by atoms with Gasteiger partial charge in [-0.2, -0.15) is 5.10 Å². The van der Waals surface area contributed by atoms with Crippen LogP contribution < -0.4 is 5.32 Å². The van der Waals surface area contributed by atoms with E-state index in [2.05, 4.69) is 15.4 Å². The Bertz CT molecular complexity index is 524. The Morgan fingerprint density at radius 1 is 1.42 bits per heavy atom. The minimum absolute atomic E-state index is 0.114. The zero-order valence-electron chi connectivity index (χ0n) is 11.3. The number of nitrogens with zero attached hydrogens (tertiary/aromatic N) is 3. The number of hydrogen-bond donors (Lipinski definition) is 1. The smallest absolute Gasteiger partial charge is 0.141 e. The van der Waals surface area contributed by atoms with Crippen LogP contribution >= 0.6 is 0 Å². The van der Waals surface area contributed by atoms with Crippen LogP contribution in [0.15, 0.2) is 30.7 Å². The molecule has 5 heteroatoms. The molecule has 0 aliphatic heterocycles. The third-order valence-corrected chi connectivity index (χ3v) is 3.19. The molecular formula is C14H19FN4. The van der Waals surface area contributed by atoms with Crippen molar-refractivity contribution >= 4 is 0 Å². The van der Waals surface area contributed by atoms with Crippen molar-refractivity contribution in [3.05, 3.63) is 47.8 Å². The van der Waals surface area contributed by atoms with Gasteiger partial charge < -0.3 is 5.32 Å². The van der Waals surface area contributed by atoms with E-state index in [0.717, 1.165) is 24.9 Å². The van der Waals surface area contributed by atoms with E-state index < -0.39 is 0 Å². The van der Waals surface area contributed by atoms with Crippen molar-refractivity contribution in [1.29, 1.82) is 0 Å². The minimum Gasteiger partial charge on any atom is -0.310 e. The summed E-state index contributed by atoms with van der Waals surface area (Å²) in [5.41, 5.74) is 2.07. The predicted molar refractivity (Wildman–Crippen MR) is 72.1 cm³/mol. The molecule has 2 aromatic rings. The van der Waals surface area contributed by atoms with Gasteiger partial charge in [-0.1, -0.05) is 6.92 Å². The largest absolute Gasteiger partial charge is 0.310 e. The highest BCUT2D eigenvalue weighted by atomic mass is 19.1. The predicted octanol–water partition coefficient (Wildman–Crippen LogP) is 2.24. The van der Waals surface area contributed by atoms with Gasteiger partial charge >= 0.3 is 0 Å². The van der Waals surface area contributed by atoms with Crippen LogP contribution in [0.2, 0.25) is 0 Å². The Balaban J connectivity index is 2.06. The van der Waals surface area contributed by atoms with Crippen molar-refractivity contribution < 1.29 is 4.39 Å². The Labute approximate surface area is 112 Å². The van der Waals surface area contributed by atoms with Gasteiger partial charge in [-0.05, 0) is 37.1 Å². The van der Waals surface area contributed by atoms with E-state index in [-0.39, 0.29) is 11.9 Å². The first-order valence-corrected chi connectivity index (χ1v) is 6.51. The summed E-state index contributed by atoms with van der Waals surface area (Å²) in [6.07, 6.45) is 6.53. The van der Waals surface area contributed by atoms with Crippen LogP contribution in [0.4, 0.5) is 4.39 Å². The van der Waals surface area contributed by atoms with Crippen LogP contribution in [-0.4, -0.2) is 21.3 Å². The second-order valence-corrected chi connectivity index (χ2v) is 4.53.